The predicted octanol–water partition coefficient (Wildman–Crippen LogP) is 2.70. The van der Waals surface area contributed by atoms with Crippen LogP contribution in [0.25, 0.3) is 10.9 Å². The maximum absolute atomic E-state index is 11.9. The summed E-state index contributed by atoms with van der Waals surface area (Å²) in [5, 5.41) is 3.98. The highest BCUT2D eigenvalue weighted by molar-refractivity contribution is 5.81. The molecular formula is C16H23N3O2. The molecule has 1 unspecified atom stereocenters. The first-order chi connectivity index (χ1) is 9.80. The first-order valence-corrected chi connectivity index (χ1v) is 7.05. The third-order valence-electron chi connectivity index (χ3n) is 3.24. The van der Waals surface area contributed by atoms with Crippen molar-refractivity contribution in [1.29, 1.82) is 0 Å². The average molecular weight is 289 g/mol. The minimum atomic E-state index is -0.523. The summed E-state index contributed by atoms with van der Waals surface area (Å²) in [5.41, 5.74) is 7.35. The molecule has 1 amide bonds. The van der Waals surface area contributed by atoms with Crippen LogP contribution >= 0.6 is 0 Å². The van der Waals surface area contributed by atoms with Gasteiger partial charge in [-0.15, -0.1) is 0 Å². The van der Waals surface area contributed by atoms with Gasteiger partial charge < -0.3 is 20.4 Å². The SMILES string of the molecule is Cn1ccc2ccc(C(CN)NC(=O)OC(C)(C)C)cc21. The van der Waals surface area contributed by atoms with E-state index in [1.807, 2.05) is 56.8 Å². The van der Waals surface area contributed by atoms with Gasteiger partial charge in [0.2, 0.25) is 0 Å². The highest BCUT2D eigenvalue weighted by Crippen LogP contribution is 2.21. The molecule has 0 radical (unpaired) electrons. The Kier molecular flexibility index (Phi) is 4.23. The quantitative estimate of drug-likeness (QED) is 0.912. The molecule has 3 N–H and O–H groups in total. The molecule has 0 aliphatic rings. The number of alkyl carbamates (subject to hydrolysis) is 1. The summed E-state index contributed by atoms with van der Waals surface area (Å²) in [7, 11) is 1.99. The molecule has 5 nitrogen and oxygen atoms in total. The van der Waals surface area contributed by atoms with Crippen LogP contribution in [0.4, 0.5) is 4.79 Å². The normalized spacial score (nSPS) is 13.2. The molecule has 1 heterocycles. The summed E-state index contributed by atoms with van der Waals surface area (Å²) >= 11 is 0. The van der Waals surface area contributed by atoms with Gasteiger partial charge in [0.05, 0.1) is 6.04 Å². The molecule has 5 heteroatoms. The van der Waals surface area contributed by atoms with Crippen LogP contribution in [0.5, 0.6) is 0 Å². The van der Waals surface area contributed by atoms with Gasteiger partial charge >= 0.3 is 6.09 Å². The van der Waals surface area contributed by atoms with E-state index < -0.39 is 11.7 Å². The van der Waals surface area contributed by atoms with Crippen molar-refractivity contribution >= 4 is 17.0 Å². The molecule has 21 heavy (non-hydrogen) atoms. The zero-order valence-electron chi connectivity index (χ0n) is 13.0. The van der Waals surface area contributed by atoms with Crippen LogP contribution in [-0.2, 0) is 11.8 Å². The molecule has 0 saturated carbocycles. The number of rotatable bonds is 3. The van der Waals surface area contributed by atoms with Gasteiger partial charge in [0.25, 0.3) is 0 Å². The average Bonchev–Trinajstić information content (AvgIpc) is 2.75. The fourth-order valence-electron chi connectivity index (χ4n) is 2.22. The number of fused-ring (bicyclic) bond motifs is 1. The molecule has 1 atom stereocenters. The summed E-state index contributed by atoms with van der Waals surface area (Å²) in [5.74, 6) is 0. The Labute approximate surface area is 125 Å². The predicted molar refractivity (Wildman–Crippen MR) is 84.1 cm³/mol. The summed E-state index contributed by atoms with van der Waals surface area (Å²) in [6.07, 6.45) is 1.55. The Balaban J connectivity index is 2.19. The number of nitrogens with one attached hydrogen (secondary N) is 1. The Hall–Kier alpha value is -2.01. The first kappa shape index (κ1) is 15.4. The van der Waals surface area contributed by atoms with Crippen molar-refractivity contribution in [2.24, 2.45) is 12.8 Å². The summed E-state index contributed by atoms with van der Waals surface area (Å²) in [6.45, 7) is 5.81. The zero-order chi connectivity index (χ0) is 15.6. The fraction of sp³-hybridized carbons (Fsp3) is 0.438. The Morgan fingerprint density at radius 1 is 1.38 bits per heavy atom. The number of hydrogen-bond acceptors (Lipinski definition) is 3. The van der Waals surface area contributed by atoms with E-state index >= 15 is 0 Å². The number of carbonyl (C=O) groups is 1. The van der Waals surface area contributed by atoms with Gasteiger partial charge in [-0.1, -0.05) is 12.1 Å². The lowest BCUT2D eigenvalue weighted by molar-refractivity contribution is 0.0505. The van der Waals surface area contributed by atoms with Crippen LogP contribution in [0.15, 0.2) is 30.5 Å². The van der Waals surface area contributed by atoms with Crippen LogP contribution in [0.1, 0.15) is 32.4 Å². The highest BCUT2D eigenvalue weighted by atomic mass is 16.6. The minimum absolute atomic E-state index is 0.265. The van der Waals surface area contributed by atoms with Crippen LogP contribution in [0, 0.1) is 0 Å². The van der Waals surface area contributed by atoms with Crippen LogP contribution < -0.4 is 11.1 Å². The number of amides is 1. The van der Waals surface area contributed by atoms with Crippen molar-refractivity contribution in [2.45, 2.75) is 32.4 Å². The van der Waals surface area contributed by atoms with Crippen molar-refractivity contribution < 1.29 is 9.53 Å². The van der Waals surface area contributed by atoms with Crippen LogP contribution in [-0.4, -0.2) is 22.8 Å². The molecule has 2 rings (SSSR count). The molecule has 0 saturated heterocycles. The second-order valence-corrected chi connectivity index (χ2v) is 6.18. The number of carbonyl (C=O) groups excluding carboxylic acids is 1. The molecule has 0 aliphatic carbocycles. The maximum atomic E-state index is 11.9. The van der Waals surface area contributed by atoms with Gasteiger partial charge in [-0.25, -0.2) is 4.79 Å². The van der Waals surface area contributed by atoms with Gasteiger partial charge in [0.1, 0.15) is 5.60 Å². The molecule has 2 aromatic rings. The number of nitrogens with two attached hydrogens (primary N) is 1. The van der Waals surface area contributed by atoms with Crippen molar-refractivity contribution in [3.05, 3.63) is 36.0 Å². The number of aromatic nitrogens is 1. The number of hydrogen-bond donors (Lipinski definition) is 2. The summed E-state index contributed by atoms with van der Waals surface area (Å²) in [6, 6.07) is 7.85. The molecule has 0 spiro atoms. The van der Waals surface area contributed by atoms with Crippen LogP contribution in [0.2, 0.25) is 0 Å². The molecule has 0 bridgehead atoms. The lowest BCUT2D eigenvalue weighted by Gasteiger charge is -2.23. The van der Waals surface area contributed by atoms with Crippen LogP contribution in [0.3, 0.4) is 0 Å². The Morgan fingerprint density at radius 3 is 2.71 bits per heavy atom. The summed E-state index contributed by atoms with van der Waals surface area (Å²) < 4.78 is 7.32. The third-order valence-corrected chi connectivity index (χ3v) is 3.24. The Bertz CT molecular complexity index is 640. The second kappa shape index (κ2) is 5.77. The van der Waals surface area contributed by atoms with Crippen molar-refractivity contribution in [1.82, 2.24) is 9.88 Å². The minimum Gasteiger partial charge on any atom is -0.444 e. The van der Waals surface area contributed by atoms with Gasteiger partial charge in [-0.3, -0.25) is 0 Å². The van der Waals surface area contributed by atoms with E-state index in [0.29, 0.717) is 6.54 Å². The highest BCUT2D eigenvalue weighted by Gasteiger charge is 2.20. The zero-order valence-corrected chi connectivity index (χ0v) is 13.0. The maximum Gasteiger partial charge on any atom is 0.408 e. The molecular weight excluding hydrogens is 266 g/mol. The molecule has 0 aliphatic heterocycles. The van der Waals surface area contributed by atoms with E-state index in [9.17, 15) is 4.79 Å². The number of nitrogens with zero attached hydrogens (tertiary/aromatic N) is 1. The fourth-order valence-corrected chi connectivity index (χ4v) is 2.22. The lowest BCUT2D eigenvalue weighted by atomic mass is 10.1. The lowest BCUT2D eigenvalue weighted by Crippen LogP contribution is -2.37. The first-order valence-electron chi connectivity index (χ1n) is 7.05. The Morgan fingerprint density at radius 2 is 2.10 bits per heavy atom. The second-order valence-electron chi connectivity index (χ2n) is 6.18. The van der Waals surface area contributed by atoms with Crippen molar-refractivity contribution in [2.75, 3.05) is 6.54 Å². The molecule has 114 valence electrons. The van der Waals surface area contributed by atoms with E-state index in [-0.39, 0.29) is 6.04 Å². The monoisotopic (exact) mass is 289 g/mol. The van der Waals surface area contributed by atoms with Gasteiger partial charge in [0.15, 0.2) is 0 Å². The van der Waals surface area contributed by atoms with E-state index in [4.69, 9.17) is 10.5 Å². The van der Waals surface area contributed by atoms with E-state index in [1.54, 1.807) is 0 Å². The molecule has 0 fully saturated rings. The smallest absolute Gasteiger partial charge is 0.408 e. The van der Waals surface area contributed by atoms with E-state index in [0.717, 1.165) is 16.5 Å². The molecule has 1 aromatic heterocycles. The topological polar surface area (TPSA) is 69.3 Å². The van der Waals surface area contributed by atoms with Gasteiger partial charge in [0, 0.05) is 25.3 Å². The van der Waals surface area contributed by atoms with E-state index in [2.05, 4.69) is 11.4 Å². The standard InChI is InChI=1S/C16H23N3O2/c1-16(2,3)21-15(20)18-13(10-17)12-6-5-11-7-8-19(4)14(11)9-12/h5-9,13H,10,17H2,1-4H3,(H,18,20). The van der Waals surface area contributed by atoms with Crippen molar-refractivity contribution in [3.63, 3.8) is 0 Å². The molecule has 1 aromatic carbocycles. The van der Waals surface area contributed by atoms with E-state index in [1.165, 1.54) is 0 Å². The van der Waals surface area contributed by atoms with Gasteiger partial charge in [-0.2, -0.15) is 0 Å². The third kappa shape index (κ3) is 3.76. The summed E-state index contributed by atoms with van der Waals surface area (Å²) in [4.78, 5) is 11.9. The largest absolute Gasteiger partial charge is 0.444 e. The number of benzene rings is 1. The number of aryl methyl sites for hydroxylation is 1. The number of ether oxygens (including phenoxy) is 1. The van der Waals surface area contributed by atoms with Crippen molar-refractivity contribution in [3.8, 4) is 0 Å². The van der Waals surface area contributed by atoms with Gasteiger partial charge in [-0.05, 0) is 43.9 Å².